The Balaban J connectivity index is 0.000000337. The van der Waals surface area contributed by atoms with Crippen LogP contribution >= 0.6 is 26.6 Å². The largest absolute Gasteiger partial charge is 0.305 e. The molecule has 0 unspecified atom stereocenters. The predicted octanol–water partition coefficient (Wildman–Crippen LogP) is 4.24. The zero-order chi connectivity index (χ0) is 10.9. The maximum absolute atomic E-state index is 4.22. The number of benzene rings is 1. The van der Waals surface area contributed by atoms with Crippen molar-refractivity contribution in [1.29, 1.82) is 0 Å². The number of aromatic nitrogens is 1. The van der Waals surface area contributed by atoms with Gasteiger partial charge in [-0.25, -0.2) is 0 Å². The van der Waals surface area contributed by atoms with Crippen molar-refractivity contribution in [2.24, 2.45) is 0 Å². The number of nitrogens with zero attached hydrogens (tertiary/aromatic N) is 1. The van der Waals surface area contributed by atoms with Gasteiger partial charge in [0.25, 0.3) is 0 Å². The molecule has 0 N–H and O–H groups in total. The Hall–Kier alpha value is 0.0183. The van der Waals surface area contributed by atoms with E-state index >= 15 is 0 Å². The van der Waals surface area contributed by atoms with E-state index in [4.69, 9.17) is 0 Å². The molecule has 82 valence electrons. The Morgan fingerprint density at radius 2 is 1.80 bits per heavy atom. The van der Waals surface area contributed by atoms with E-state index in [-0.39, 0.29) is 14.5 Å². The van der Waals surface area contributed by atoms with Gasteiger partial charge >= 0.3 is 41.0 Å². The summed E-state index contributed by atoms with van der Waals surface area (Å²) in [4.78, 5) is 4.22. The van der Waals surface area contributed by atoms with Crippen molar-refractivity contribution in [1.82, 2.24) is 4.98 Å². The molecule has 1 aromatic heterocycles. The van der Waals surface area contributed by atoms with Crippen LogP contribution in [0.3, 0.4) is 0 Å². The Labute approximate surface area is 111 Å². The molecule has 0 fully saturated rings. The van der Waals surface area contributed by atoms with Crippen LogP contribution in [0.4, 0.5) is 0 Å². The second-order valence-corrected chi connectivity index (χ2v) is 12.5. The van der Waals surface area contributed by atoms with E-state index in [2.05, 4.69) is 37.6 Å². The molecular formula is C11H8Br2NPt-. The molecule has 0 atom stereocenters. The molecule has 0 saturated carbocycles. The summed E-state index contributed by atoms with van der Waals surface area (Å²) in [5, 5.41) is 0. The van der Waals surface area contributed by atoms with Gasteiger partial charge in [0.05, 0.1) is 0 Å². The first kappa shape index (κ1) is 13.1. The SMILES string of the molecule is [Br][Pt][Br].[c-]1ccccc1-c1ccccn1. The minimum atomic E-state index is 0.208. The Morgan fingerprint density at radius 1 is 1.07 bits per heavy atom. The molecule has 1 nitrogen and oxygen atoms in total. The van der Waals surface area contributed by atoms with E-state index in [1.54, 1.807) is 6.20 Å². The van der Waals surface area contributed by atoms with Gasteiger partial charge in [0.2, 0.25) is 0 Å². The molecule has 1 heterocycles. The molecule has 0 saturated heterocycles. The Kier molecular flexibility index (Phi) is 7.16. The standard InChI is InChI=1S/C11H8N.2BrH.Pt/c1-2-6-10(7-3-1)11-8-4-5-9-12-11;;;/h1-6,8-9H;2*1H;/q-1;;;+2/p-2. The van der Waals surface area contributed by atoms with E-state index in [0.29, 0.717) is 0 Å². The molecule has 0 spiro atoms. The third kappa shape index (κ3) is 5.05. The molecule has 0 aliphatic rings. The third-order valence-electron chi connectivity index (χ3n) is 1.65. The molecule has 15 heavy (non-hydrogen) atoms. The van der Waals surface area contributed by atoms with Crippen LogP contribution in [-0.4, -0.2) is 4.98 Å². The fourth-order valence-electron chi connectivity index (χ4n) is 1.07. The summed E-state index contributed by atoms with van der Waals surface area (Å²) in [5.74, 6) is 0. The quantitative estimate of drug-likeness (QED) is 0.525. The number of pyridine rings is 1. The van der Waals surface area contributed by atoms with E-state index in [0.717, 1.165) is 11.3 Å². The number of hydrogen-bond acceptors (Lipinski definition) is 1. The first-order chi connectivity index (χ1) is 7.38. The van der Waals surface area contributed by atoms with Gasteiger partial charge in [-0.2, -0.15) is 0 Å². The van der Waals surface area contributed by atoms with Crippen LogP contribution in [-0.2, 0) is 14.5 Å². The van der Waals surface area contributed by atoms with Crippen LogP contribution in [0.5, 0.6) is 0 Å². The first-order valence-corrected chi connectivity index (χ1v) is 14.0. The molecule has 4 heteroatoms. The van der Waals surface area contributed by atoms with Crippen molar-refractivity contribution in [3.8, 4) is 11.3 Å². The third-order valence-corrected chi connectivity index (χ3v) is 1.65. The minimum absolute atomic E-state index is 0.208. The van der Waals surface area contributed by atoms with Crippen molar-refractivity contribution >= 4 is 26.6 Å². The van der Waals surface area contributed by atoms with E-state index in [9.17, 15) is 0 Å². The fraction of sp³-hybridized carbons (Fsp3) is 0. The van der Waals surface area contributed by atoms with Crippen LogP contribution < -0.4 is 0 Å². The summed E-state index contributed by atoms with van der Waals surface area (Å²) in [6.07, 6.45) is 1.79. The maximum Gasteiger partial charge on any atom is 0.0160 e. The van der Waals surface area contributed by atoms with Crippen LogP contribution in [0.15, 0.2) is 48.7 Å². The average Bonchev–Trinajstić information content (AvgIpc) is 2.32. The van der Waals surface area contributed by atoms with Gasteiger partial charge in [-0.3, -0.25) is 0 Å². The topological polar surface area (TPSA) is 12.9 Å². The van der Waals surface area contributed by atoms with Gasteiger partial charge in [0.1, 0.15) is 0 Å². The Bertz CT molecular complexity index is 329. The first-order valence-electron chi connectivity index (χ1n) is 4.09. The van der Waals surface area contributed by atoms with Gasteiger partial charge in [-0.15, -0.1) is 35.9 Å². The molecular weight excluding hydrogens is 501 g/mol. The predicted molar refractivity (Wildman–Crippen MR) is 66.4 cm³/mol. The zero-order valence-corrected chi connectivity index (χ0v) is 13.1. The minimum Gasteiger partial charge on any atom is -0.305 e. The van der Waals surface area contributed by atoms with E-state index in [1.807, 2.05) is 42.5 Å². The number of hydrogen-bond donors (Lipinski definition) is 0. The van der Waals surface area contributed by atoms with Crippen LogP contribution in [0.2, 0.25) is 0 Å². The second-order valence-electron chi connectivity index (χ2n) is 2.54. The summed E-state index contributed by atoms with van der Waals surface area (Å²) in [6, 6.07) is 16.8. The Morgan fingerprint density at radius 3 is 2.33 bits per heavy atom. The van der Waals surface area contributed by atoms with Crippen LogP contribution in [0.25, 0.3) is 11.3 Å². The van der Waals surface area contributed by atoms with Crippen molar-refractivity contribution < 1.29 is 14.5 Å². The molecule has 0 bridgehead atoms. The van der Waals surface area contributed by atoms with Crippen LogP contribution in [0, 0.1) is 6.07 Å². The molecule has 0 aliphatic heterocycles. The summed E-state index contributed by atoms with van der Waals surface area (Å²) in [6.45, 7) is 0. The summed E-state index contributed by atoms with van der Waals surface area (Å²) < 4.78 is 0. The monoisotopic (exact) mass is 507 g/mol. The molecule has 0 radical (unpaired) electrons. The fourth-order valence-corrected chi connectivity index (χ4v) is 1.07. The smallest absolute Gasteiger partial charge is 0.0160 e. The second kappa shape index (κ2) is 8.20. The molecule has 1 aromatic carbocycles. The average molecular weight is 509 g/mol. The maximum atomic E-state index is 4.22. The molecule has 0 amide bonds. The zero-order valence-electron chi connectivity index (χ0n) is 7.64. The van der Waals surface area contributed by atoms with Crippen molar-refractivity contribution in [2.75, 3.05) is 0 Å². The molecule has 2 aromatic rings. The van der Waals surface area contributed by atoms with Crippen LogP contribution in [0.1, 0.15) is 0 Å². The van der Waals surface area contributed by atoms with Gasteiger partial charge < -0.3 is 4.98 Å². The summed E-state index contributed by atoms with van der Waals surface area (Å²) in [7, 11) is 0. The summed E-state index contributed by atoms with van der Waals surface area (Å²) >= 11 is 6.56. The van der Waals surface area contributed by atoms with Gasteiger partial charge in [0, 0.05) is 6.20 Å². The van der Waals surface area contributed by atoms with E-state index < -0.39 is 0 Å². The molecule has 0 aliphatic carbocycles. The molecule has 2 rings (SSSR count). The number of halogens is 2. The van der Waals surface area contributed by atoms with Crippen molar-refractivity contribution in [2.45, 2.75) is 0 Å². The van der Waals surface area contributed by atoms with Gasteiger partial charge in [-0.1, -0.05) is 12.1 Å². The normalized spacial score (nSPS) is 9.20. The van der Waals surface area contributed by atoms with Gasteiger partial charge in [-0.05, 0) is 11.8 Å². The van der Waals surface area contributed by atoms with Gasteiger partial charge in [0.15, 0.2) is 0 Å². The van der Waals surface area contributed by atoms with E-state index in [1.165, 1.54) is 0 Å². The summed E-state index contributed by atoms with van der Waals surface area (Å²) in [5.41, 5.74) is 2.01. The number of rotatable bonds is 1. The van der Waals surface area contributed by atoms with Crippen molar-refractivity contribution in [3.05, 3.63) is 54.7 Å². The van der Waals surface area contributed by atoms with Crippen molar-refractivity contribution in [3.63, 3.8) is 0 Å².